The third-order valence-electron chi connectivity index (χ3n) is 1.72. The maximum Gasteiger partial charge on any atom is 0.0955 e. The van der Waals surface area contributed by atoms with E-state index >= 15 is 0 Å². The number of hydrogen-bond donors (Lipinski definition) is 0. The molecule has 0 aliphatic carbocycles. The van der Waals surface area contributed by atoms with Crippen LogP contribution in [0.15, 0.2) is 19.0 Å². The summed E-state index contributed by atoms with van der Waals surface area (Å²) in [6.07, 6.45) is 8.80. The van der Waals surface area contributed by atoms with Crippen LogP contribution in [0.1, 0.15) is 24.7 Å². The molecule has 0 bridgehead atoms. The third-order valence-corrected chi connectivity index (χ3v) is 1.72. The number of imidazole rings is 1. The second kappa shape index (κ2) is 3.90. The first kappa shape index (κ1) is 8.78. The normalized spacial score (nSPS) is 10.8. The first-order valence-corrected chi connectivity index (χ1v) is 4.10. The molecule has 1 heterocycles. The minimum Gasteiger partial charge on any atom is -0.334 e. The average Bonchev–Trinajstić information content (AvgIpc) is 2.43. The van der Waals surface area contributed by atoms with Gasteiger partial charge in [-0.15, -0.1) is 0 Å². The lowest BCUT2D eigenvalue weighted by Crippen LogP contribution is -1.88. The highest BCUT2D eigenvalue weighted by Crippen LogP contribution is 2.09. The van der Waals surface area contributed by atoms with E-state index in [0.29, 0.717) is 0 Å². The van der Waals surface area contributed by atoms with Crippen LogP contribution in [0, 0.1) is 0 Å². The number of hydrogen-bond acceptors (Lipinski definition) is 1. The third kappa shape index (κ3) is 1.64. The van der Waals surface area contributed by atoms with Gasteiger partial charge in [0, 0.05) is 7.05 Å². The van der Waals surface area contributed by atoms with Crippen LogP contribution in [0.5, 0.6) is 0 Å². The molecule has 0 aliphatic rings. The molecule has 64 valence electrons. The molecule has 0 amide bonds. The Labute approximate surface area is 73.2 Å². The van der Waals surface area contributed by atoms with Crippen molar-refractivity contribution in [1.82, 2.24) is 9.55 Å². The lowest BCUT2D eigenvalue weighted by atomic mass is 10.2. The molecule has 1 rings (SSSR count). The number of rotatable bonds is 3. The van der Waals surface area contributed by atoms with Crippen LogP contribution in [-0.2, 0) is 7.05 Å². The molecule has 0 saturated carbocycles. The fourth-order valence-electron chi connectivity index (χ4n) is 1.05. The summed E-state index contributed by atoms with van der Waals surface area (Å²) in [4.78, 5) is 4.18. The van der Waals surface area contributed by atoms with Crippen molar-refractivity contribution < 1.29 is 0 Å². The zero-order valence-corrected chi connectivity index (χ0v) is 7.62. The number of nitrogens with zero attached hydrogens (tertiary/aromatic N) is 2. The van der Waals surface area contributed by atoms with Crippen LogP contribution in [0.3, 0.4) is 0 Å². The summed E-state index contributed by atoms with van der Waals surface area (Å²) < 4.78 is 1.99. The number of aromatic nitrogens is 2. The van der Waals surface area contributed by atoms with Gasteiger partial charge in [-0.05, 0) is 18.6 Å². The minimum atomic E-state index is 0.946. The van der Waals surface area contributed by atoms with Crippen LogP contribution >= 0.6 is 0 Å². The summed E-state index contributed by atoms with van der Waals surface area (Å²) in [5.41, 5.74) is 2.06. The maximum absolute atomic E-state index is 4.18. The van der Waals surface area contributed by atoms with E-state index in [9.17, 15) is 0 Å². The molecular formula is C10H14N2. The monoisotopic (exact) mass is 162 g/mol. The van der Waals surface area contributed by atoms with Crippen molar-refractivity contribution in [1.29, 1.82) is 0 Å². The zero-order valence-electron chi connectivity index (χ0n) is 7.62. The molecule has 0 atom stereocenters. The van der Waals surface area contributed by atoms with E-state index in [1.807, 2.05) is 11.6 Å². The van der Waals surface area contributed by atoms with Gasteiger partial charge in [-0.2, -0.15) is 0 Å². The quantitative estimate of drug-likeness (QED) is 0.667. The highest BCUT2D eigenvalue weighted by atomic mass is 15.0. The van der Waals surface area contributed by atoms with Crippen molar-refractivity contribution in [3.8, 4) is 0 Å². The Hall–Kier alpha value is -1.31. The SMILES string of the molecule is C=Cc1ncn(C)c1/C=C\CC. The van der Waals surface area contributed by atoms with Gasteiger partial charge in [-0.25, -0.2) is 4.98 Å². The Morgan fingerprint density at radius 3 is 3.00 bits per heavy atom. The van der Waals surface area contributed by atoms with E-state index in [4.69, 9.17) is 0 Å². The van der Waals surface area contributed by atoms with Crippen LogP contribution in [0.25, 0.3) is 12.2 Å². The Morgan fingerprint density at radius 1 is 1.67 bits per heavy atom. The van der Waals surface area contributed by atoms with Crippen LogP contribution in [-0.4, -0.2) is 9.55 Å². The molecule has 0 spiro atoms. The van der Waals surface area contributed by atoms with Gasteiger partial charge in [-0.3, -0.25) is 0 Å². The molecule has 0 N–H and O–H groups in total. The summed E-state index contributed by atoms with van der Waals surface area (Å²) in [5, 5.41) is 0. The van der Waals surface area contributed by atoms with Crippen LogP contribution in [0.2, 0.25) is 0 Å². The Bertz CT molecular complexity index is 295. The summed E-state index contributed by atoms with van der Waals surface area (Å²) in [6, 6.07) is 0. The molecule has 1 aromatic rings. The second-order valence-electron chi connectivity index (χ2n) is 2.64. The van der Waals surface area contributed by atoms with Crippen molar-refractivity contribution in [2.45, 2.75) is 13.3 Å². The average molecular weight is 162 g/mol. The standard InChI is InChI=1S/C10H14N2/c1-4-6-7-10-9(5-2)11-8-12(10)3/h5-8H,2,4H2,1,3H3/b7-6-. The molecule has 0 radical (unpaired) electrons. The number of aryl methyl sites for hydroxylation is 1. The lowest BCUT2D eigenvalue weighted by Gasteiger charge is -1.95. The van der Waals surface area contributed by atoms with Crippen molar-refractivity contribution in [2.24, 2.45) is 7.05 Å². The van der Waals surface area contributed by atoms with Crippen LogP contribution < -0.4 is 0 Å². The van der Waals surface area contributed by atoms with E-state index in [2.05, 4.69) is 30.6 Å². The molecule has 0 fully saturated rings. The summed E-state index contributed by atoms with van der Waals surface area (Å²) in [6.45, 7) is 5.81. The van der Waals surface area contributed by atoms with Gasteiger partial charge in [0.25, 0.3) is 0 Å². The Balaban J connectivity index is 3.01. The van der Waals surface area contributed by atoms with Crippen molar-refractivity contribution >= 4 is 12.2 Å². The molecule has 0 saturated heterocycles. The molecular weight excluding hydrogens is 148 g/mol. The van der Waals surface area contributed by atoms with Crippen molar-refractivity contribution in [3.05, 3.63) is 30.4 Å². The fraction of sp³-hybridized carbons (Fsp3) is 0.300. The maximum atomic E-state index is 4.18. The van der Waals surface area contributed by atoms with Crippen molar-refractivity contribution in [2.75, 3.05) is 0 Å². The van der Waals surface area contributed by atoms with Gasteiger partial charge in [0.1, 0.15) is 0 Å². The topological polar surface area (TPSA) is 17.8 Å². The lowest BCUT2D eigenvalue weighted by molar-refractivity contribution is 0.901. The van der Waals surface area contributed by atoms with Gasteiger partial charge in [-0.1, -0.05) is 19.6 Å². The molecule has 2 nitrogen and oxygen atoms in total. The van der Waals surface area contributed by atoms with Gasteiger partial charge in [0.15, 0.2) is 0 Å². The summed E-state index contributed by atoms with van der Waals surface area (Å²) >= 11 is 0. The van der Waals surface area contributed by atoms with Crippen molar-refractivity contribution in [3.63, 3.8) is 0 Å². The van der Waals surface area contributed by atoms with E-state index in [0.717, 1.165) is 17.8 Å². The Morgan fingerprint density at radius 2 is 2.42 bits per heavy atom. The number of allylic oxidation sites excluding steroid dienone is 1. The van der Waals surface area contributed by atoms with E-state index in [1.165, 1.54) is 0 Å². The highest BCUT2D eigenvalue weighted by Gasteiger charge is 1.99. The highest BCUT2D eigenvalue weighted by molar-refractivity contribution is 5.58. The molecule has 0 aliphatic heterocycles. The molecule has 2 heteroatoms. The van der Waals surface area contributed by atoms with Gasteiger partial charge in [0.2, 0.25) is 0 Å². The van der Waals surface area contributed by atoms with E-state index < -0.39 is 0 Å². The summed E-state index contributed by atoms with van der Waals surface area (Å²) in [7, 11) is 1.98. The predicted octanol–water partition coefficient (Wildman–Crippen LogP) is 2.49. The molecule has 12 heavy (non-hydrogen) atoms. The van der Waals surface area contributed by atoms with E-state index in [-0.39, 0.29) is 0 Å². The molecule has 0 unspecified atom stereocenters. The fourth-order valence-corrected chi connectivity index (χ4v) is 1.05. The van der Waals surface area contributed by atoms with Gasteiger partial charge < -0.3 is 4.57 Å². The predicted molar refractivity (Wildman–Crippen MR) is 52.6 cm³/mol. The second-order valence-corrected chi connectivity index (χ2v) is 2.64. The van der Waals surface area contributed by atoms with E-state index in [1.54, 1.807) is 12.4 Å². The Kier molecular flexibility index (Phi) is 2.86. The van der Waals surface area contributed by atoms with Crippen LogP contribution in [0.4, 0.5) is 0 Å². The smallest absolute Gasteiger partial charge is 0.0955 e. The van der Waals surface area contributed by atoms with Gasteiger partial charge >= 0.3 is 0 Å². The summed E-state index contributed by atoms with van der Waals surface area (Å²) in [5.74, 6) is 0. The first-order chi connectivity index (χ1) is 5.79. The molecule has 1 aromatic heterocycles. The van der Waals surface area contributed by atoms with Gasteiger partial charge in [0.05, 0.1) is 17.7 Å². The first-order valence-electron chi connectivity index (χ1n) is 4.10. The minimum absolute atomic E-state index is 0.946. The largest absolute Gasteiger partial charge is 0.334 e. The zero-order chi connectivity index (χ0) is 8.97. The molecule has 0 aromatic carbocycles.